The van der Waals surface area contributed by atoms with E-state index in [2.05, 4.69) is 25.7 Å². The lowest BCUT2D eigenvalue weighted by Crippen LogP contribution is -2.48. The highest BCUT2D eigenvalue weighted by atomic mass is 32.1. The lowest BCUT2D eigenvalue weighted by molar-refractivity contribution is 0.0645. The van der Waals surface area contributed by atoms with E-state index >= 15 is 0 Å². The number of likely N-dealkylation sites (N-methyl/N-ethyl adjacent to an activating group) is 1. The van der Waals surface area contributed by atoms with Crippen molar-refractivity contribution in [2.24, 2.45) is 5.92 Å². The van der Waals surface area contributed by atoms with Gasteiger partial charge in [-0.25, -0.2) is 0 Å². The van der Waals surface area contributed by atoms with Crippen molar-refractivity contribution in [2.45, 2.75) is 34.2 Å². The van der Waals surface area contributed by atoms with Crippen molar-refractivity contribution >= 4 is 27.3 Å². The van der Waals surface area contributed by atoms with Crippen LogP contribution in [0.25, 0.3) is 10.1 Å². The standard InChI is InChI=1S/C19H27N3O2S/c1-5-20-8-10-21(11-9-20)18(23)16-14(4)25-15-6-7-22(12-13(2)3)19(24)17(15)16/h6-7,13H,5,8-12H2,1-4H3. The molecule has 0 unspecified atom stereocenters. The number of carbonyl (C=O) groups is 1. The van der Waals surface area contributed by atoms with E-state index < -0.39 is 0 Å². The molecule has 5 nitrogen and oxygen atoms in total. The zero-order valence-electron chi connectivity index (χ0n) is 15.5. The zero-order valence-corrected chi connectivity index (χ0v) is 16.4. The van der Waals surface area contributed by atoms with Crippen LogP contribution >= 0.6 is 11.3 Å². The minimum absolute atomic E-state index is 0.0129. The van der Waals surface area contributed by atoms with Gasteiger partial charge in [-0.1, -0.05) is 20.8 Å². The second-order valence-electron chi connectivity index (χ2n) is 7.17. The van der Waals surface area contributed by atoms with Crippen molar-refractivity contribution in [3.05, 3.63) is 33.1 Å². The average Bonchev–Trinajstić information content (AvgIpc) is 2.93. The topological polar surface area (TPSA) is 45.5 Å². The summed E-state index contributed by atoms with van der Waals surface area (Å²) in [6, 6.07) is 1.97. The van der Waals surface area contributed by atoms with Gasteiger partial charge in [0, 0.05) is 48.5 Å². The molecule has 0 N–H and O–H groups in total. The van der Waals surface area contributed by atoms with Crippen molar-refractivity contribution in [2.75, 3.05) is 32.7 Å². The molecule has 0 bridgehead atoms. The number of pyridine rings is 1. The molecule has 1 saturated heterocycles. The Morgan fingerprint density at radius 3 is 2.52 bits per heavy atom. The third-order valence-electron chi connectivity index (χ3n) is 4.87. The highest BCUT2D eigenvalue weighted by Crippen LogP contribution is 2.29. The molecule has 0 aromatic carbocycles. The highest BCUT2D eigenvalue weighted by molar-refractivity contribution is 7.19. The van der Waals surface area contributed by atoms with Crippen LogP contribution in [0.2, 0.25) is 0 Å². The smallest absolute Gasteiger partial charge is 0.260 e. The molecule has 1 aliphatic rings. The summed E-state index contributed by atoms with van der Waals surface area (Å²) in [4.78, 5) is 31.3. The SMILES string of the molecule is CCN1CCN(C(=O)c2c(C)sc3ccn(CC(C)C)c(=O)c23)CC1. The maximum atomic E-state index is 13.1. The predicted octanol–water partition coefficient (Wildman–Crippen LogP) is 2.81. The van der Waals surface area contributed by atoms with Gasteiger partial charge >= 0.3 is 0 Å². The molecule has 0 atom stereocenters. The number of amides is 1. The molecule has 3 rings (SSSR count). The van der Waals surface area contributed by atoms with Crippen molar-refractivity contribution < 1.29 is 4.79 Å². The van der Waals surface area contributed by atoms with Gasteiger partial charge in [-0.15, -0.1) is 11.3 Å². The molecule has 0 spiro atoms. The highest BCUT2D eigenvalue weighted by Gasteiger charge is 2.27. The fourth-order valence-corrected chi connectivity index (χ4v) is 4.53. The largest absolute Gasteiger partial charge is 0.336 e. The van der Waals surface area contributed by atoms with Crippen LogP contribution in [0, 0.1) is 12.8 Å². The Balaban J connectivity index is 1.99. The molecule has 25 heavy (non-hydrogen) atoms. The summed E-state index contributed by atoms with van der Waals surface area (Å²) >= 11 is 1.55. The Bertz CT molecular complexity index is 829. The predicted molar refractivity (Wildman–Crippen MR) is 104 cm³/mol. The van der Waals surface area contributed by atoms with Gasteiger partial charge in [0.05, 0.1) is 10.9 Å². The molecule has 1 aliphatic heterocycles. The molecule has 2 aromatic heterocycles. The molecule has 6 heteroatoms. The molecular formula is C19H27N3O2S. The minimum atomic E-state index is -0.0360. The van der Waals surface area contributed by atoms with Crippen molar-refractivity contribution in [3.63, 3.8) is 0 Å². The van der Waals surface area contributed by atoms with E-state index in [-0.39, 0.29) is 11.5 Å². The fourth-order valence-electron chi connectivity index (χ4n) is 3.48. The summed E-state index contributed by atoms with van der Waals surface area (Å²) in [6.45, 7) is 13.2. The van der Waals surface area contributed by atoms with Crippen LogP contribution in [0.15, 0.2) is 17.1 Å². The van der Waals surface area contributed by atoms with E-state index in [0.29, 0.717) is 23.4 Å². The maximum Gasteiger partial charge on any atom is 0.260 e. The number of carbonyl (C=O) groups excluding carboxylic acids is 1. The van der Waals surface area contributed by atoms with Gasteiger partial charge in [0.1, 0.15) is 0 Å². The molecule has 0 saturated carbocycles. The number of hydrogen-bond donors (Lipinski definition) is 0. The van der Waals surface area contributed by atoms with Gasteiger partial charge in [-0.3, -0.25) is 9.59 Å². The molecule has 1 fully saturated rings. The summed E-state index contributed by atoms with van der Waals surface area (Å²) in [6.07, 6.45) is 1.86. The first-order valence-corrected chi connectivity index (χ1v) is 9.88. The first kappa shape index (κ1) is 18.1. The van der Waals surface area contributed by atoms with E-state index in [0.717, 1.165) is 42.3 Å². The van der Waals surface area contributed by atoms with Crippen LogP contribution < -0.4 is 5.56 Å². The number of rotatable bonds is 4. The van der Waals surface area contributed by atoms with Gasteiger partial charge in [-0.2, -0.15) is 0 Å². The summed E-state index contributed by atoms with van der Waals surface area (Å²) in [5.74, 6) is 0.398. The van der Waals surface area contributed by atoms with E-state index in [9.17, 15) is 9.59 Å². The Morgan fingerprint density at radius 1 is 1.24 bits per heavy atom. The number of nitrogens with zero attached hydrogens (tertiary/aromatic N) is 3. The second-order valence-corrected chi connectivity index (χ2v) is 8.42. The molecule has 2 aromatic rings. The number of fused-ring (bicyclic) bond motifs is 1. The van der Waals surface area contributed by atoms with Crippen molar-refractivity contribution in [3.8, 4) is 0 Å². The Hall–Kier alpha value is -1.66. The number of piperazine rings is 1. The average molecular weight is 362 g/mol. The first-order chi connectivity index (χ1) is 11.9. The quantitative estimate of drug-likeness (QED) is 0.841. The van der Waals surface area contributed by atoms with Gasteiger partial charge in [-0.05, 0) is 25.5 Å². The first-order valence-electron chi connectivity index (χ1n) is 9.06. The molecule has 0 radical (unpaired) electrons. The maximum absolute atomic E-state index is 13.1. The summed E-state index contributed by atoms with van der Waals surface area (Å²) < 4.78 is 2.66. The monoisotopic (exact) mass is 361 g/mol. The summed E-state index contributed by atoms with van der Waals surface area (Å²) in [7, 11) is 0. The molecule has 0 aliphatic carbocycles. The van der Waals surface area contributed by atoms with Gasteiger partial charge in [0.2, 0.25) is 0 Å². The van der Waals surface area contributed by atoms with E-state index in [1.165, 1.54) is 0 Å². The zero-order chi connectivity index (χ0) is 18.1. The minimum Gasteiger partial charge on any atom is -0.336 e. The number of aromatic nitrogens is 1. The van der Waals surface area contributed by atoms with Crippen LogP contribution in [0.4, 0.5) is 0 Å². The Morgan fingerprint density at radius 2 is 1.92 bits per heavy atom. The fraction of sp³-hybridized carbons (Fsp3) is 0.579. The third kappa shape index (κ3) is 3.51. The van der Waals surface area contributed by atoms with Gasteiger partial charge in [0.15, 0.2) is 0 Å². The van der Waals surface area contributed by atoms with E-state index in [4.69, 9.17) is 0 Å². The third-order valence-corrected chi connectivity index (χ3v) is 5.94. The number of aryl methyl sites for hydroxylation is 1. The van der Waals surface area contributed by atoms with Crippen molar-refractivity contribution in [1.82, 2.24) is 14.4 Å². The lowest BCUT2D eigenvalue weighted by Gasteiger charge is -2.34. The van der Waals surface area contributed by atoms with Crippen molar-refractivity contribution in [1.29, 1.82) is 0 Å². The molecule has 3 heterocycles. The second kappa shape index (κ2) is 7.30. The van der Waals surface area contributed by atoms with E-state index in [1.807, 2.05) is 24.1 Å². The van der Waals surface area contributed by atoms with Crippen LogP contribution in [0.3, 0.4) is 0 Å². The lowest BCUT2D eigenvalue weighted by atomic mass is 10.1. The van der Waals surface area contributed by atoms with Crippen LogP contribution in [-0.4, -0.2) is 53.0 Å². The molecule has 136 valence electrons. The Labute approximate surface area is 152 Å². The normalized spacial score (nSPS) is 16.1. The molecule has 1 amide bonds. The molecular weight excluding hydrogens is 334 g/mol. The van der Waals surface area contributed by atoms with Gasteiger partial charge in [0.25, 0.3) is 11.5 Å². The Kier molecular flexibility index (Phi) is 5.29. The van der Waals surface area contributed by atoms with Crippen LogP contribution in [0.1, 0.15) is 36.0 Å². The van der Waals surface area contributed by atoms with E-state index in [1.54, 1.807) is 15.9 Å². The summed E-state index contributed by atoms with van der Waals surface area (Å²) in [5.41, 5.74) is 0.583. The number of thiophene rings is 1. The number of hydrogen-bond acceptors (Lipinski definition) is 4. The van der Waals surface area contributed by atoms with Crippen LogP contribution in [-0.2, 0) is 6.54 Å². The summed E-state index contributed by atoms with van der Waals surface area (Å²) in [5, 5.41) is 0.605. The van der Waals surface area contributed by atoms with Gasteiger partial charge < -0.3 is 14.4 Å². The van der Waals surface area contributed by atoms with Crippen LogP contribution in [0.5, 0.6) is 0 Å².